The summed E-state index contributed by atoms with van der Waals surface area (Å²) in [7, 11) is 0. The Labute approximate surface area is 231 Å². The number of amides is 1. The van der Waals surface area contributed by atoms with Crippen LogP contribution in [0, 0.1) is 13.8 Å². The highest BCUT2D eigenvalue weighted by Crippen LogP contribution is 2.40. The number of ether oxygens (including phenoxy) is 3. The van der Waals surface area contributed by atoms with Crippen molar-refractivity contribution >= 4 is 45.0 Å². The summed E-state index contributed by atoms with van der Waals surface area (Å²) >= 11 is 1.55. The van der Waals surface area contributed by atoms with Gasteiger partial charge in [-0.25, -0.2) is 4.98 Å². The van der Waals surface area contributed by atoms with Gasteiger partial charge in [0.1, 0.15) is 0 Å². The van der Waals surface area contributed by atoms with Crippen LogP contribution >= 0.6 is 23.7 Å². The number of likely N-dealkylation sites (N-methyl/N-ethyl adjacent to an activating group) is 1. The van der Waals surface area contributed by atoms with Crippen LogP contribution in [0.15, 0.2) is 24.3 Å². The standard InChI is InChI=1S/C28H39N3O4S.ClH/c1-8-30(9-2)13-14-31(28-29-25-20(7)15-19(6)16-24(25)36-28)27(32)21-17-22(33-10-3)26(35-12-5)23(18-21)34-11-4;/h15-18H,8-14H2,1-7H3;1H. The van der Waals surface area contributed by atoms with Crippen molar-refractivity contribution in [1.29, 1.82) is 0 Å². The molecule has 0 saturated heterocycles. The van der Waals surface area contributed by atoms with Gasteiger partial charge in [0.25, 0.3) is 5.91 Å². The topological polar surface area (TPSA) is 64.1 Å². The van der Waals surface area contributed by atoms with Crippen molar-refractivity contribution < 1.29 is 19.0 Å². The molecule has 204 valence electrons. The number of carbonyl (C=O) groups excluding carboxylic acids is 1. The first-order chi connectivity index (χ1) is 17.4. The number of hydrogen-bond acceptors (Lipinski definition) is 7. The molecule has 0 radical (unpaired) electrons. The predicted molar refractivity (Wildman–Crippen MR) is 156 cm³/mol. The second kappa shape index (κ2) is 14.4. The Morgan fingerprint density at radius 1 is 0.865 bits per heavy atom. The molecule has 0 fully saturated rings. The number of fused-ring (bicyclic) bond motifs is 1. The van der Waals surface area contributed by atoms with Crippen molar-refractivity contribution in [3.05, 3.63) is 41.0 Å². The average molecular weight is 550 g/mol. The molecule has 9 heteroatoms. The number of carbonyl (C=O) groups is 1. The zero-order valence-electron chi connectivity index (χ0n) is 23.1. The van der Waals surface area contributed by atoms with Crippen molar-refractivity contribution in [2.45, 2.75) is 48.5 Å². The fourth-order valence-corrected chi connectivity index (χ4v) is 5.37. The molecular formula is C28H40ClN3O4S. The predicted octanol–water partition coefficient (Wildman–Crippen LogP) is 6.52. The molecule has 2 aromatic carbocycles. The Morgan fingerprint density at radius 2 is 1.46 bits per heavy atom. The average Bonchev–Trinajstić information content (AvgIpc) is 3.27. The van der Waals surface area contributed by atoms with Gasteiger partial charge in [0, 0.05) is 18.7 Å². The van der Waals surface area contributed by atoms with E-state index < -0.39 is 0 Å². The molecule has 0 unspecified atom stereocenters. The second-order valence-corrected chi connectivity index (χ2v) is 9.52. The third-order valence-electron chi connectivity index (χ3n) is 5.98. The van der Waals surface area contributed by atoms with Crippen LogP contribution in [0.4, 0.5) is 5.13 Å². The molecule has 1 amide bonds. The fraction of sp³-hybridized carbons (Fsp3) is 0.500. The number of rotatable bonds is 13. The third kappa shape index (κ3) is 7.27. The number of hydrogen-bond donors (Lipinski definition) is 0. The van der Waals surface area contributed by atoms with E-state index in [-0.39, 0.29) is 18.3 Å². The summed E-state index contributed by atoms with van der Waals surface area (Å²) in [6, 6.07) is 7.77. The molecule has 37 heavy (non-hydrogen) atoms. The van der Waals surface area contributed by atoms with Gasteiger partial charge in [-0.3, -0.25) is 9.69 Å². The number of aromatic nitrogens is 1. The summed E-state index contributed by atoms with van der Waals surface area (Å²) < 4.78 is 18.6. The molecule has 0 N–H and O–H groups in total. The first-order valence-electron chi connectivity index (χ1n) is 12.8. The minimum atomic E-state index is -0.138. The molecule has 3 rings (SSSR count). The van der Waals surface area contributed by atoms with E-state index in [1.807, 2.05) is 20.8 Å². The van der Waals surface area contributed by atoms with Gasteiger partial charge in [0.2, 0.25) is 5.75 Å². The van der Waals surface area contributed by atoms with Gasteiger partial charge < -0.3 is 19.1 Å². The number of nitrogens with zero attached hydrogens (tertiary/aromatic N) is 3. The lowest BCUT2D eigenvalue weighted by molar-refractivity contribution is 0.0982. The van der Waals surface area contributed by atoms with E-state index in [1.54, 1.807) is 28.4 Å². The van der Waals surface area contributed by atoms with Crippen molar-refractivity contribution in [3.8, 4) is 17.2 Å². The van der Waals surface area contributed by atoms with E-state index in [1.165, 1.54) is 5.56 Å². The van der Waals surface area contributed by atoms with Gasteiger partial charge in [0.15, 0.2) is 16.6 Å². The lowest BCUT2D eigenvalue weighted by atomic mass is 10.1. The molecule has 3 aromatic rings. The Bertz CT molecular complexity index is 1150. The maximum Gasteiger partial charge on any atom is 0.260 e. The number of anilines is 1. The van der Waals surface area contributed by atoms with E-state index in [2.05, 4.69) is 44.7 Å². The second-order valence-electron chi connectivity index (χ2n) is 8.51. The van der Waals surface area contributed by atoms with Crippen molar-refractivity contribution in [3.63, 3.8) is 0 Å². The maximum atomic E-state index is 14.1. The van der Waals surface area contributed by atoms with E-state index >= 15 is 0 Å². The Morgan fingerprint density at radius 3 is 2.00 bits per heavy atom. The Kier molecular flexibility index (Phi) is 11.9. The molecule has 0 aliphatic rings. The summed E-state index contributed by atoms with van der Waals surface area (Å²) in [5, 5.41) is 0.695. The van der Waals surface area contributed by atoms with Gasteiger partial charge in [-0.15, -0.1) is 12.4 Å². The molecule has 0 atom stereocenters. The minimum absolute atomic E-state index is 0. The van der Waals surface area contributed by atoms with Gasteiger partial charge in [0.05, 0.1) is 30.0 Å². The Hall–Kier alpha value is -2.55. The first-order valence-corrected chi connectivity index (χ1v) is 13.7. The van der Waals surface area contributed by atoms with Crippen LogP contribution in [0.3, 0.4) is 0 Å². The number of thiazole rings is 1. The molecule has 1 aromatic heterocycles. The highest BCUT2D eigenvalue weighted by atomic mass is 35.5. The molecule has 1 heterocycles. The highest BCUT2D eigenvalue weighted by molar-refractivity contribution is 7.22. The summed E-state index contributed by atoms with van der Waals surface area (Å²) in [6.07, 6.45) is 0. The first kappa shape index (κ1) is 30.7. The van der Waals surface area contributed by atoms with Crippen molar-refractivity contribution in [1.82, 2.24) is 9.88 Å². The molecule has 0 aliphatic carbocycles. The molecule has 0 bridgehead atoms. The fourth-order valence-electron chi connectivity index (χ4n) is 4.21. The molecule has 7 nitrogen and oxygen atoms in total. The number of halogens is 1. The van der Waals surface area contributed by atoms with E-state index in [9.17, 15) is 4.79 Å². The smallest absolute Gasteiger partial charge is 0.260 e. The Balaban J connectivity index is 0.00000481. The van der Waals surface area contributed by atoms with Crippen LogP contribution in [0.2, 0.25) is 0 Å². The normalized spacial score (nSPS) is 10.9. The van der Waals surface area contributed by atoms with Crippen LogP contribution in [0.5, 0.6) is 17.2 Å². The number of benzene rings is 2. The summed E-state index contributed by atoms with van der Waals surface area (Å²) in [5.41, 5.74) is 3.72. The van der Waals surface area contributed by atoms with Gasteiger partial charge in [-0.2, -0.15) is 0 Å². The van der Waals surface area contributed by atoms with Crippen LogP contribution in [0.25, 0.3) is 10.2 Å². The summed E-state index contributed by atoms with van der Waals surface area (Å²) in [5.74, 6) is 1.40. The highest BCUT2D eigenvalue weighted by Gasteiger charge is 2.26. The zero-order chi connectivity index (χ0) is 26.2. The number of aryl methyl sites for hydroxylation is 2. The lowest BCUT2D eigenvalue weighted by Gasteiger charge is -2.25. The largest absolute Gasteiger partial charge is 0.490 e. The van der Waals surface area contributed by atoms with Gasteiger partial charge >= 0.3 is 0 Å². The summed E-state index contributed by atoms with van der Waals surface area (Å²) in [6.45, 7) is 18.6. The SMILES string of the molecule is CCOc1cc(C(=O)N(CCN(CC)CC)c2nc3c(C)cc(C)cc3s2)cc(OCC)c1OCC.Cl. The zero-order valence-corrected chi connectivity index (χ0v) is 24.7. The minimum Gasteiger partial charge on any atom is -0.490 e. The molecular weight excluding hydrogens is 510 g/mol. The molecule has 0 spiro atoms. The van der Waals surface area contributed by atoms with Gasteiger partial charge in [-0.05, 0) is 77.0 Å². The molecule has 0 aliphatic heterocycles. The van der Waals surface area contributed by atoms with Crippen LogP contribution in [0.1, 0.15) is 56.1 Å². The monoisotopic (exact) mass is 549 g/mol. The van der Waals surface area contributed by atoms with Crippen molar-refractivity contribution in [2.75, 3.05) is 50.9 Å². The lowest BCUT2D eigenvalue weighted by Crippen LogP contribution is -2.39. The summed E-state index contributed by atoms with van der Waals surface area (Å²) in [4.78, 5) is 23.1. The maximum absolute atomic E-state index is 14.1. The third-order valence-corrected chi connectivity index (χ3v) is 7.01. The van der Waals surface area contributed by atoms with Gasteiger partial charge in [-0.1, -0.05) is 31.3 Å². The van der Waals surface area contributed by atoms with Crippen LogP contribution in [-0.2, 0) is 0 Å². The van der Waals surface area contributed by atoms with Crippen LogP contribution < -0.4 is 19.1 Å². The van der Waals surface area contributed by atoms with E-state index in [4.69, 9.17) is 19.2 Å². The van der Waals surface area contributed by atoms with Crippen LogP contribution in [-0.4, -0.2) is 61.8 Å². The quantitative estimate of drug-likeness (QED) is 0.242. The van der Waals surface area contributed by atoms with E-state index in [0.29, 0.717) is 54.3 Å². The van der Waals surface area contributed by atoms with Crippen molar-refractivity contribution in [2.24, 2.45) is 0 Å². The van der Waals surface area contributed by atoms with E-state index in [0.717, 1.165) is 35.4 Å². The molecule has 0 saturated carbocycles.